The summed E-state index contributed by atoms with van der Waals surface area (Å²) < 4.78 is 5.78. The van der Waals surface area contributed by atoms with E-state index in [-0.39, 0.29) is 11.6 Å². The number of phenolic OH excluding ortho intramolecular Hbond substituents is 1. The van der Waals surface area contributed by atoms with Gasteiger partial charge in [-0.05, 0) is 38.7 Å². The largest absolute Gasteiger partial charge is 0.508 e. The third-order valence-corrected chi connectivity index (χ3v) is 4.12. The van der Waals surface area contributed by atoms with Gasteiger partial charge in [0.2, 0.25) is 5.88 Å². The Balaban J connectivity index is 2.07. The van der Waals surface area contributed by atoms with Crippen molar-refractivity contribution in [3.8, 4) is 17.7 Å². The topological polar surface area (TPSA) is 94.3 Å². The maximum atomic E-state index is 9.98. The Morgan fingerprint density at radius 3 is 2.81 bits per heavy atom. The molecule has 7 nitrogen and oxygen atoms in total. The number of nitrogens with zero attached hydrogens (tertiary/aromatic N) is 4. The van der Waals surface area contributed by atoms with E-state index in [0.29, 0.717) is 35.6 Å². The molecule has 0 saturated carbocycles. The number of hydrogen-bond acceptors (Lipinski definition) is 7. The number of ether oxygens (including phenoxy) is 1. The minimum absolute atomic E-state index is 0.181. The number of likely N-dealkylation sites (N-methyl/N-ethyl adjacent to an activating group) is 1. The number of aromatic hydroxyl groups is 1. The van der Waals surface area contributed by atoms with E-state index in [9.17, 15) is 10.4 Å². The van der Waals surface area contributed by atoms with Gasteiger partial charge in [-0.3, -0.25) is 4.98 Å². The molecule has 0 bridgehead atoms. The second-order valence-electron chi connectivity index (χ2n) is 6.45. The number of nitriles is 1. The quantitative estimate of drug-likeness (QED) is 0.694. The molecule has 2 heterocycles. The standard InChI is InChI=1S/C20H21N5O2/c1-13-4-5-14(10-18(13)26)23-19-15-6-7-22-12-17(15)24-20(16(19)11-21)27-9-8-25(2)3/h4-7,10,12,26H,8-9H2,1-3H3,(H,23,24). The summed E-state index contributed by atoms with van der Waals surface area (Å²) in [6, 6.07) is 9.26. The van der Waals surface area contributed by atoms with Crippen LogP contribution in [0.1, 0.15) is 11.1 Å². The van der Waals surface area contributed by atoms with E-state index in [1.54, 1.807) is 24.5 Å². The van der Waals surface area contributed by atoms with Crippen molar-refractivity contribution < 1.29 is 9.84 Å². The first-order valence-corrected chi connectivity index (χ1v) is 8.51. The minimum atomic E-state index is 0.181. The highest BCUT2D eigenvalue weighted by Gasteiger charge is 2.17. The Hall–Kier alpha value is -3.37. The predicted octanol–water partition coefficient (Wildman–Crippen LogP) is 3.20. The number of hydrogen-bond donors (Lipinski definition) is 2. The molecule has 3 rings (SSSR count). The van der Waals surface area contributed by atoms with Crippen LogP contribution in [0.3, 0.4) is 0 Å². The molecule has 0 atom stereocenters. The number of fused-ring (bicyclic) bond motifs is 1. The highest BCUT2D eigenvalue weighted by atomic mass is 16.5. The molecule has 0 aliphatic rings. The molecule has 7 heteroatoms. The first-order valence-electron chi connectivity index (χ1n) is 8.51. The molecule has 0 aliphatic heterocycles. The molecule has 0 unspecified atom stereocenters. The highest BCUT2D eigenvalue weighted by Crippen LogP contribution is 2.34. The lowest BCUT2D eigenvalue weighted by Crippen LogP contribution is -2.20. The van der Waals surface area contributed by atoms with Crippen LogP contribution in [-0.2, 0) is 0 Å². The molecule has 2 aromatic heterocycles. The van der Waals surface area contributed by atoms with E-state index in [0.717, 1.165) is 10.9 Å². The average molecular weight is 363 g/mol. The van der Waals surface area contributed by atoms with Crippen molar-refractivity contribution in [1.29, 1.82) is 5.26 Å². The predicted molar refractivity (Wildman–Crippen MR) is 104 cm³/mol. The SMILES string of the molecule is Cc1ccc(Nc2c(C#N)c(OCCN(C)C)nc3cnccc23)cc1O. The molecular formula is C20H21N5O2. The Bertz CT molecular complexity index is 1010. The van der Waals surface area contributed by atoms with Crippen molar-refractivity contribution in [2.45, 2.75) is 6.92 Å². The number of anilines is 2. The molecule has 0 saturated heterocycles. The molecule has 0 spiro atoms. The summed E-state index contributed by atoms with van der Waals surface area (Å²) in [4.78, 5) is 10.6. The first kappa shape index (κ1) is 18.4. The van der Waals surface area contributed by atoms with E-state index in [2.05, 4.69) is 21.4 Å². The first-order chi connectivity index (χ1) is 13.0. The van der Waals surface area contributed by atoms with Gasteiger partial charge in [0.15, 0.2) is 0 Å². The lowest BCUT2D eigenvalue weighted by Gasteiger charge is -2.16. The monoisotopic (exact) mass is 363 g/mol. The van der Waals surface area contributed by atoms with Crippen molar-refractivity contribution in [3.63, 3.8) is 0 Å². The van der Waals surface area contributed by atoms with Gasteiger partial charge in [-0.1, -0.05) is 6.07 Å². The molecule has 0 radical (unpaired) electrons. The number of aryl methyl sites for hydroxylation is 1. The normalized spacial score (nSPS) is 10.8. The third kappa shape index (κ3) is 4.07. The smallest absolute Gasteiger partial charge is 0.234 e. The number of aromatic nitrogens is 2. The maximum Gasteiger partial charge on any atom is 0.234 e. The fraction of sp³-hybridized carbons (Fsp3) is 0.250. The molecule has 0 aliphatic carbocycles. The van der Waals surface area contributed by atoms with Crippen LogP contribution in [0, 0.1) is 18.3 Å². The van der Waals surface area contributed by atoms with Gasteiger partial charge in [0.05, 0.1) is 17.4 Å². The molecule has 0 fully saturated rings. The number of nitrogens with one attached hydrogen (secondary N) is 1. The lowest BCUT2D eigenvalue weighted by atomic mass is 10.1. The summed E-state index contributed by atoms with van der Waals surface area (Å²) in [6.45, 7) is 2.93. The number of phenols is 1. The van der Waals surface area contributed by atoms with Gasteiger partial charge < -0.3 is 20.1 Å². The van der Waals surface area contributed by atoms with Crippen LogP contribution in [-0.4, -0.2) is 47.2 Å². The Morgan fingerprint density at radius 2 is 2.11 bits per heavy atom. The van der Waals surface area contributed by atoms with E-state index >= 15 is 0 Å². The zero-order valence-electron chi connectivity index (χ0n) is 15.5. The Kier molecular flexibility index (Phi) is 5.38. The molecule has 0 amide bonds. The average Bonchev–Trinajstić information content (AvgIpc) is 2.64. The minimum Gasteiger partial charge on any atom is -0.508 e. The molecular weight excluding hydrogens is 342 g/mol. The molecule has 27 heavy (non-hydrogen) atoms. The summed E-state index contributed by atoms with van der Waals surface area (Å²) >= 11 is 0. The van der Waals surface area contributed by atoms with Crippen LogP contribution in [0.2, 0.25) is 0 Å². The van der Waals surface area contributed by atoms with Gasteiger partial charge in [-0.25, -0.2) is 4.98 Å². The van der Waals surface area contributed by atoms with Gasteiger partial charge in [0, 0.05) is 29.9 Å². The van der Waals surface area contributed by atoms with Gasteiger partial charge in [0.25, 0.3) is 0 Å². The van der Waals surface area contributed by atoms with Crippen LogP contribution in [0.25, 0.3) is 10.9 Å². The number of benzene rings is 1. The summed E-state index contributed by atoms with van der Waals surface area (Å²) in [5.74, 6) is 0.444. The van der Waals surface area contributed by atoms with Crippen molar-refractivity contribution >= 4 is 22.3 Å². The van der Waals surface area contributed by atoms with E-state index in [1.165, 1.54) is 0 Å². The van der Waals surface area contributed by atoms with Gasteiger partial charge in [-0.15, -0.1) is 0 Å². The fourth-order valence-corrected chi connectivity index (χ4v) is 2.59. The van der Waals surface area contributed by atoms with Crippen molar-refractivity contribution in [2.75, 3.05) is 32.6 Å². The summed E-state index contributed by atoms with van der Waals surface area (Å²) in [6.07, 6.45) is 3.28. The second kappa shape index (κ2) is 7.89. The molecule has 1 aromatic carbocycles. The third-order valence-electron chi connectivity index (χ3n) is 4.12. The van der Waals surface area contributed by atoms with Crippen LogP contribution < -0.4 is 10.1 Å². The molecule has 138 valence electrons. The van der Waals surface area contributed by atoms with Gasteiger partial charge in [-0.2, -0.15) is 5.26 Å². The van der Waals surface area contributed by atoms with Crippen LogP contribution >= 0.6 is 0 Å². The van der Waals surface area contributed by atoms with E-state index < -0.39 is 0 Å². The number of pyridine rings is 2. The highest BCUT2D eigenvalue weighted by molar-refractivity contribution is 5.96. The van der Waals surface area contributed by atoms with Gasteiger partial charge in [0.1, 0.15) is 24.0 Å². The van der Waals surface area contributed by atoms with Crippen LogP contribution in [0.4, 0.5) is 11.4 Å². The van der Waals surface area contributed by atoms with E-state index in [1.807, 2.05) is 38.1 Å². The van der Waals surface area contributed by atoms with Crippen LogP contribution in [0.5, 0.6) is 11.6 Å². The zero-order chi connectivity index (χ0) is 19.4. The lowest BCUT2D eigenvalue weighted by molar-refractivity contribution is 0.254. The Morgan fingerprint density at radius 1 is 1.30 bits per heavy atom. The Labute approximate surface area is 157 Å². The van der Waals surface area contributed by atoms with Crippen molar-refractivity contribution in [2.24, 2.45) is 0 Å². The summed E-state index contributed by atoms with van der Waals surface area (Å²) in [5, 5.41) is 23.7. The fourth-order valence-electron chi connectivity index (χ4n) is 2.59. The summed E-state index contributed by atoms with van der Waals surface area (Å²) in [5.41, 5.74) is 2.95. The second-order valence-corrected chi connectivity index (χ2v) is 6.45. The van der Waals surface area contributed by atoms with Gasteiger partial charge >= 0.3 is 0 Å². The maximum absolute atomic E-state index is 9.98. The zero-order valence-corrected chi connectivity index (χ0v) is 15.5. The molecule has 2 N–H and O–H groups in total. The van der Waals surface area contributed by atoms with Crippen molar-refractivity contribution in [3.05, 3.63) is 47.8 Å². The van der Waals surface area contributed by atoms with Crippen molar-refractivity contribution in [1.82, 2.24) is 14.9 Å². The van der Waals surface area contributed by atoms with E-state index in [4.69, 9.17) is 4.74 Å². The summed E-state index contributed by atoms with van der Waals surface area (Å²) in [7, 11) is 3.90. The molecule has 3 aromatic rings. The number of rotatable bonds is 6. The van der Waals surface area contributed by atoms with Crippen LogP contribution in [0.15, 0.2) is 36.7 Å².